The summed E-state index contributed by atoms with van der Waals surface area (Å²) in [6, 6.07) is 4.09. The topological polar surface area (TPSA) is 69.4 Å². The average molecular weight is 284 g/mol. The maximum absolute atomic E-state index is 11.4. The number of hydrogen-bond acceptors (Lipinski definition) is 4. The van der Waals surface area contributed by atoms with Crippen molar-refractivity contribution in [3.63, 3.8) is 0 Å². The van der Waals surface area contributed by atoms with Crippen LogP contribution in [0.4, 0.5) is 5.69 Å². The van der Waals surface area contributed by atoms with E-state index < -0.39 is 4.92 Å². The summed E-state index contributed by atoms with van der Waals surface area (Å²) in [5.41, 5.74) is -0.0664. The highest BCUT2D eigenvalue weighted by atomic mass is 35.5. The van der Waals surface area contributed by atoms with Crippen LogP contribution in [0.3, 0.4) is 0 Å². The largest absolute Gasteiger partial charge is 0.492 e. The summed E-state index contributed by atoms with van der Waals surface area (Å²) < 4.78 is 5.48. The Morgan fingerprint density at radius 3 is 2.84 bits per heavy atom. The third kappa shape index (κ3) is 3.44. The molecule has 0 aromatic heterocycles. The van der Waals surface area contributed by atoms with E-state index in [1.807, 2.05) is 0 Å². The maximum Gasteiger partial charge on any atom is 0.271 e. The van der Waals surface area contributed by atoms with Crippen LogP contribution in [0, 0.1) is 16.0 Å². The van der Waals surface area contributed by atoms with Gasteiger partial charge in [0.25, 0.3) is 5.69 Å². The molecule has 102 valence electrons. The van der Waals surface area contributed by atoms with E-state index in [0.717, 1.165) is 12.8 Å². The zero-order valence-corrected chi connectivity index (χ0v) is 11.1. The molecule has 2 rings (SSSR count). The summed E-state index contributed by atoms with van der Waals surface area (Å²) in [6.45, 7) is 0.397. The van der Waals surface area contributed by atoms with Gasteiger partial charge in [-0.3, -0.25) is 14.9 Å². The minimum atomic E-state index is -0.507. The fourth-order valence-electron chi connectivity index (χ4n) is 2.22. The van der Waals surface area contributed by atoms with E-state index in [2.05, 4.69) is 0 Å². The smallest absolute Gasteiger partial charge is 0.271 e. The minimum absolute atomic E-state index is 0.0664. The first-order valence-electron chi connectivity index (χ1n) is 6.17. The number of carbonyl (C=O) groups is 1. The van der Waals surface area contributed by atoms with Crippen LogP contribution in [-0.2, 0) is 4.79 Å². The van der Waals surface area contributed by atoms with Gasteiger partial charge in [-0.2, -0.15) is 0 Å². The van der Waals surface area contributed by atoms with Gasteiger partial charge < -0.3 is 4.74 Å². The molecule has 0 heterocycles. The molecule has 1 aliphatic rings. The predicted molar refractivity (Wildman–Crippen MR) is 70.6 cm³/mol. The monoisotopic (exact) mass is 283 g/mol. The number of benzene rings is 1. The molecule has 1 fully saturated rings. The second kappa shape index (κ2) is 6.02. The second-order valence-corrected chi connectivity index (χ2v) is 4.97. The zero-order chi connectivity index (χ0) is 13.8. The summed E-state index contributed by atoms with van der Waals surface area (Å²) in [7, 11) is 0. The molecule has 6 heteroatoms. The number of carbonyl (C=O) groups excluding carboxylic acids is 1. The van der Waals surface area contributed by atoms with Gasteiger partial charge in [-0.05, 0) is 25.3 Å². The minimum Gasteiger partial charge on any atom is -0.492 e. The molecule has 1 aliphatic carbocycles. The Kier molecular flexibility index (Phi) is 4.37. The first kappa shape index (κ1) is 13.8. The van der Waals surface area contributed by atoms with E-state index in [0.29, 0.717) is 31.0 Å². The first-order valence-corrected chi connectivity index (χ1v) is 6.55. The number of ketones is 1. The van der Waals surface area contributed by atoms with E-state index in [9.17, 15) is 14.9 Å². The zero-order valence-electron chi connectivity index (χ0n) is 10.3. The molecule has 1 aromatic rings. The lowest BCUT2D eigenvalue weighted by Gasteiger charge is -2.10. The molecule has 5 nitrogen and oxygen atoms in total. The molecule has 0 amide bonds. The predicted octanol–water partition coefficient (Wildman–Crippen LogP) is 3.39. The standard InChI is InChI=1S/C13H14ClNO4/c14-11-8-10(15(17)18)4-5-13(11)19-7-6-9-2-1-3-12(9)16/h4-5,8-9H,1-3,6-7H2. The Balaban J connectivity index is 1.89. The number of nitrogens with zero attached hydrogens (tertiary/aromatic N) is 1. The van der Waals surface area contributed by atoms with Crippen molar-refractivity contribution < 1.29 is 14.5 Å². The van der Waals surface area contributed by atoms with Crippen molar-refractivity contribution in [1.29, 1.82) is 0 Å². The average Bonchev–Trinajstić information content (AvgIpc) is 2.77. The van der Waals surface area contributed by atoms with Crippen molar-refractivity contribution in [3.05, 3.63) is 33.3 Å². The number of halogens is 1. The third-order valence-electron chi connectivity index (χ3n) is 3.28. The molecule has 0 aliphatic heterocycles. The van der Waals surface area contributed by atoms with Gasteiger partial charge in [0, 0.05) is 24.5 Å². The van der Waals surface area contributed by atoms with E-state index in [-0.39, 0.29) is 16.6 Å². The summed E-state index contributed by atoms with van der Waals surface area (Å²) in [6.07, 6.45) is 3.23. The summed E-state index contributed by atoms with van der Waals surface area (Å²) >= 11 is 5.90. The molecule has 0 radical (unpaired) electrons. The van der Waals surface area contributed by atoms with Gasteiger partial charge in [0.05, 0.1) is 16.6 Å². The Labute approximate surface area is 115 Å². The van der Waals surface area contributed by atoms with Crippen LogP contribution >= 0.6 is 11.6 Å². The van der Waals surface area contributed by atoms with Crippen LogP contribution in [0.15, 0.2) is 18.2 Å². The molecule has 19 heavy (non-hydrogen) atoms. The number of Topliss-reactive ketones (excluding diaryl/α,β-unsaturated/α-hetero) is 1. The normalized spacial score (nSPS) is 18.6. The number of rotatable bonds is 5. The fourth-order valence-corrected chi connectivity index (χ4v) is 2.45. The van der Waals surface area contributed by atoms with Crippen LogP contribution < -0.4 is 4.74 Å². The molecule has 0 spiro atoms. The van der Waals surface area contributed by atoms with Crippen molar-refractivity contribution in [2.45, 2.75) is 25.7 Å². The number of hydrogen-bond donors (Lipinski definition) is 0. The summed E-state index contributed by atoms with van der Waals surface area (Å²) in [5, 5.41) is 10.8. The summed E-state index contributed by atoms with van der Waals surface area (Å²) in [5.74, 6) is 0.813. The molecular weight excluding hydrogens is 270 g/mol. The van der Waals surface area contributed by atoms with E-state index in [4.69, 9.17) is 16.3 Å². The van der Waals surface area contributed by atoms with Crippen LogP contribution in [0.25, 0.3) is 0 Å². The van der Waals surface area contributed by atoms with E-state index >= 15 is 0 Å². The molecule has 1 saturated carbocycles. The highest BCUT2D eigenvalue weighted by Crippen LogP contribution is 2.30. The van der Waals surface area contributed by atoms with E-state index in [1.165, 1.54) is 18.2 Å². The lowest BCUT2D eigenvalue weighted by molar-refractivity contribution is -0.384. The van der Waals surface area contributed by atoms with Gasteiger partial charge >= 0.3 is 0 Å². The van der Waals surface area contributed by atoms with E-state index in [1.54, 1.807) is 0 Å². The molecule has 1 unspecified atom stereocenters. The maximum atomic E-state index is 11.4. The van der Waals surface area contributed by atoms with Crippen molar-refractivity contribution >= 4 is 23.1 Å². The quantitative estimate of drug-likeness (QED) is 0.613. The second-order valence-electron chi connectivity index (χ2n) is 4.56. The first-order chi connectivity index (χ1) is 9.08. The molecule has 0 bridgehead atoms. The van der Waals surface area contributed by atoms with Gasteiger partial charge in [0.2, 0.25) is 0 Å². The third-order valence-corrected chi connectivity index (χ3v) is 3.58. The van der Waals surface area contributed by atoms with Crippen LogP contribution in [0.1, 0.15) is 25.7 Å². The Hall–Kier alpha value is -1.62. The molecule has 1 atom stereocenters. The van der Waals surface area contributed by atoms with Crippen LogP contribution in [-0.4, -0.2) is 17.3 Å². The highest BCUT2D eigenvalue weighted by molar-refractivity contribution is 6.32. The lowest BCUT2D eigenvalue weighted by Crippen LogP contribution is -2.11. The van der Waals surface area contributed by atoms with Crippen molar-refractivity contribution in [1.82, 2.24) is 0 Å². The summed E-state index contributed by atoms with van der Waals surface area (Å²) in [4.78, 5) is 21.5. The number of nitro groups is 1. The molecular formula is C13H14ClNO4. The molecule has 0 saturated heterocycles. The van der Waals surface area contributed by atoms with Gasteiger partial charge in [-0.1, -0.05) is 11.6 Å². The van der Waals surface area contributed by atoms with Crippen LogP contribution in [0.2, 0.25) is 5.02 Å². The van der Waals surface area contributed by atoms with Crippen LogP contribution in [0.5, 0.6) is 5.75 Å². The Morgan fingerprint density at radius 2 is 2.26 bits per heavy atom. The van der Waals surface area contributed by atoms with Crippen molar-refractivity contribution in [2.24, 2.45) is 5.92 Å². The van der Waals surface area contributed by atoms with Crippen molar-refractivity contribution in [2.75, 3.05) is 6.61 Å². The van der Waals surface area contributed by atoms with Gasteiger partial charge in [0.15, 0.2) is 0 Å². The Morgan fingerprint density at radius 1 is 1.47 bits per heavy atom. The SMILES string of the molecule is O=C1CCCC1CCOc1ccc([N+](=O)[O-])cc1Cl. The van der Waals surface area contributed by atoms with Crippen molar-refractivity contribution in [3.8, 4) is 5.75 Å². The fraction of sp³-hybridized carbons (Fsp3) is 0.462. The van der Waals surface area contributed by atoms with Gasteiger partial charge in [-0.25, -0.2) is 0 Å². The number of non-ortho nitro benzene ring substituents is 1. The number of ether oxygens (including phenoxy) is 1. The molecule has 0 N–H and O–H groups in total. The highest BCUT2D eigenvalue weighted by Gasteiger charge is 2.24. The Bertz CT molecular complexity index is 503. The number of nitro benzene ring substituents is 1. The molecule has 1 aromatic carbocycles. The van der Waals surface area contributed by atoms with Gasteiger partial charge in [-0.15, -0.1) is 0 Å². The van der Waals surface area contributed by atoms with Gasteiger partial charge in [0.1, 0.15) is 11.5 Å². The lowest BCUT2D eigenvalue weighted by atomic mass is 10.0.